The van der Waals surface area contributed by atoms with Crippen LogP contribution >= 0.6 is 0 Å². The normalized spacial score (nSPS) is 11.7. The van der Waals surface area contributed by atoms with E-state index in [1.54, 1.807) is 0 Å². The zero-order valence-electron chi connectivity index (χ0n) is 14.8. The van der Waals surface area contributed by atoms with Crippen LogP contribution < -0.4 is 10.2 Å². The summed E-state index contributed by atoms with van der Waals surface area (Å²) in [6.45, 7) is 13.9. The van der Waals surface area contributed by atoms with Crippen LogP contribution in [0.15, 0.2) is 6.20 Å². The molecule has 0 aromatic carbocycles. The van der Waals surface area contributed by atoms with Gasteiger partial charge in [-0.25, -0.2) is 9.97 Å². The summed E-state index contributed by atoms with van der Waals surface area (Å²) in [7, 11) is 2.16. The van der Waals surface area contributed by atoms with E-state index in [9.17, 15) is 0 Å². The minimum Gasteiger partial charge on any atom is -0.369 e. The lowest BCUT2D eigenvalue weighted by Crippen LogP contribution is -2.33. The molecule has 0 unspecified atom stereocenters. The van der Waals surface area contributed by atoms with Gasteiger partial charge in [-0.3, -0.25) is 0 Å². The third-order valence-corrected chi connectivity index (χ3v) is 3.93. The molecule has 0 spiro atoms. The van der Waals surface area contributed by atoms with E-state index in [1.807, 2.05) is 6.20 Å². The zero-order valence-corrected chi connectivity index (χ0v) is 14.8. The Labute approximate surface area is 130 Å². The summed E-state index contributed by atoms with van der Waals surface area (Å²) in [5.74, 6) is 1.28. The number of hydrogen-bond donors (Lipinski definition) is 1. The fraction of sp³-hybridized carbons (Fsp3) is 0.765. The van der Waals surface area contributed by atoms with Crippen LogP contribution in [-0.4, -0.2) is 29.1 Å². The number of aromatic nitrogens is 2. The number of hydrogen-bond acceptors (Lipinski definition) is 4. The molecule has 4 nitrogen and oxygen atoms in total. The van der Waals surface area contributed by atoms with E-state index in [2.05, 4.69) is 63.8 Å². The Kier molecular flexibility index (Phi) is 7.09. The fourth-order valence-electron chi connectivity index (χ4n) is 2.46. The maximum atomic E-state index is 4.80. The van der Waals surface area contributed by atoms with Crippen molar-refractivity contribution in [2.75, 3.05) is 11.9 Å². The van der Waals surface area contributed by atoms with Gasteiger partial charge in [0.2, 0.25) is 0 Å². The molecule has 120 valence electrons. The van der Waals surface area contributed by atoms with Crippen molar-refractivity contribution in [2.45, 2.75) is 78.9 Å². The van der Waals surface area contributed by atoms with E-state index in [4.69, 9.17) is 4.98 Å². The summed E-state index contributed by atoms with van der Waals surface area (Å²) in [5.41, 5.74) is 2.26. The molecule has 4 heteroatoms. The molecule has 1 aromatic heterocycles. The van der Waals surface area contributed by atoms with E-state index in [1.165, 1.54) is 0 Å². The first-order chi connectivity index (χ1) is 9.90. The molecular weight excluding hydrogens is 260 g/mol. The molecule has 0 saturated carbocycles. The van der Waals surface area contributed by atoms with Crippen molar-refractivity contribution >= 4 is 5.69 Å². The second kappa shape index (κ2) is 8.32. The highest BCUT2D eigenvalue weighted by Gasteiger charge is 2.17. The molecule has 1 heterocycles. The summed E-state index contributed by atoms with van der Waals surface area (Å²) in [4.78, 5) is 11.7. The van der Waals surface area contributed by atoms with E-state index in [0.717, 1.165) is 36.6 Å². The van der Waals surface area contributed by atoms with Gasteiger partial charge in [-0.15, -0.1) is 0 Å². The molecule has 0 bridgehead atoms. The highest BCUT2D eigenvalue weighted by Crippen LogP contribution is 2.23. The average Bonchev–Trinajstić information content (AvgIpc) is 2.45. The monoisotopic (exact) mass is 292 g/mol. The lowest BCUT2D eigenvalue weighted by atomic mass is 10.1. The van der Waals surface area contributed by atoms with E-state index in [0.29, 0.717) is 18.0 Å². The third kappa shape index (κ3) is 4.95. The first kappa shape index (κ1) is 17.9. The highest BCUT2D eigenvalue weighted by molar-refractivity contribution is 5.49. The Morgan fingerprint density at radius 3 is 2.24 bits per heavy atom. The second-order valence-corrected chi connectivity index (χ2v) is 6.33. The average molecular weight is 292 g/mol. The summed E-state index contributed by atoms with van der Waals surface area (Å²) in [6.07, 6.45) is 4.27. The Hall–Kier alpha value is -1.16. The van der Waals surface area contributed by atoms with Crippen LogP contribution in [0, 0.1) is 0 Å². The summed E-state index contributed by atoms with van der Waals surface area (Å²) in [6, 6.07) is 0.991. The van der Waals surface area contributed by atoms with Crippen LogP contribution in [0.2, 0.25) is 0 Å². The maximum absolute atomic E-state index is 4.80. The van der Waals surface area contributed by atoms with Crippen molar-refractivity contribution in [2.24, 2.45) is 0 Å². The largest absolute Gasteiger partial charge is 0.369 e. The zero-order chi connectivity index (χ0) is 16.0. The number of anilines is 1. The predicted octanol–water partition coefficient (Wildman–Crippen LogP) is 3.72. The van der Waals surface area contributed by atoms with Crippen molar-refractivity contribution in [1.29, 1.82) is 0 Å². The molecule has 0 fully saturated rings. The predicted molar refractivity (Wildman–Crippen MR) is 90.9 cm³/mol. The molecule has 0 radical (unpaired) electrons. The van der Waals surface area contributed by atoms with Crippen molar-refractivity contribution < 1.29 is 0 Å². The molecule has 21 heavy (non-hydrogen) atoms. The Bertz CT molecular complexity index is 425. The number of rotatable bonds is 8. The Morgan fingerprint density at radius 1 is 1.14 bits per heavy atom. The molecule has 0 aliphatic rings. The standard InChI is InChI=1S/C17H32N4/c1-8-14(9-2)21(7)16-11-19-17(12(3)4)20-15(16)10-18-13(5)6/h11-14,18H,8-10H2,1-7H3. The van der Waals surface area contributed by atoms with Gasteiger partial charge in [-0.1, -0.05) is 41.5 Å². The van der Waals surface area contributed by atoms with Crippen LogP contribution in [0.5, 0.6) is 0 Å². The van der Waals surface area contributed by atoms with Gasteiger partial charge in [0.05, 0.1) is 17.6 Å². The van der Waals surface area contributed by atoms with Crippen LogP contribution in [-0.2, 0) is 6.54 Å². The summed E-state index contributed by atoms with van der Waals surface area (Å²) in [5, 5.41) is 3.48. The Balaban J connectivity index is 3.10. The SMILES string of the molecule is CCC(CC)N(C)c1cnc(C(C)C)nc1CNC(C)C. The van der Waals surface area contributed by atoms with E-state index < -0.39 is 0 Å². The molecule has 0 atom stereocenters. The molecule has 1 aromatic rings. The van der Waals surface area contributed by atoms with E-state index in [-0.39, 0.29) is 0 Å². The van der Waals surface area contributed by atoms with Crippen molar-refractivity contribution in [3.8, 4) is 0 Å². The van der Waals surface area contributed by atoms with E-state index >= 15 is 0 Å². The first-order valence-corrected chi connectivity index (χ1v) is 8.22. The van der Waals surface area contributed by atoms with Crippen LogP contribution in [0.25, 0.3) is 0 Å². The minimum absolute atomic E-state index is 0.357. The second-order valence-electron chi connectivity index (χ2n) is 6.33. The minimum atomic E-state index is 0.357. The van der Waals surface area contributed by atoms with Gasteiger partial charge in [0.15, 0.2) is 0 Å². The quantitative estimate of drug-likeness (QED) is 0.793. The summed E-state index contributed by atoms with van der Waals surface area (Å²) < 4.78 is 0. The van der Waals surface area contributed by atoms with Crippen LogP contribution in [0.4, 0.5) is 5.69 Å². The topological polar surface area (TPSA) is 41.1 Å². The number of nitrogens with one attached hydrogen (secondary N) is 1. The molecule has 0 aliphatic heterocycles. The molecule has 0 amide bonds. The summed E-state index contributed by atoms with van der Waals surface area (Å²) >= 11 is 0. The molecule has 0 saturated heterocycles. The van der Waals surface area contributed by atoms with Crippen molar-refractivity contribution in [1.82, 2.24) is 15.3 Å². The van der Waals surface area contributed by atoms with Crippen LogP contribution in [0.1, 0.15) is 71.8 Å². The van der Waals surface area contributed by atoms with Gasteiger partial charge in [0.1, 0.15) is 5.82 Å². The van der Waals surface area contributed by atoms with Crippen molar-refractivity contribution in [3.05, 3.63) is 17.7 Å². The maximum Gasteiger partial charge on any atom is 0.131 e. The van der Waals surface area contributed by atoms with Gasteiger partial charge >= 0.3 is 0 Å². The third-order valence-electron chi connectivity index (χ3n) is 3.93. The lowest BCUT2D eigenvalue weighted by molar-refractivity contribution is 0.562. The first-order valence-electron chi connectivity index (χ1n) is 8.22. The lowest BCUT2D eigenvalue weighted by Gasteiger charge is -2.30. The molecule has 1 N–H and O–H groups in total. The highest BCUT2D eigenvalue weighted by atomic mass is 15.2. The molecule has 0 aliphatic carbocycles. The van der Waals surface area contributed by atoms with Crippen LogP contribution in [0.3, 0.4) is 0 Å². The fourth-order valence-corrected chi connectivity index (χ4v) is 2.46. The van der Waals surface area contributed by atoms with Gasteiger partial charge in [0.25, 0.3) is 0 Å². The van der Waals surface area contributed by atoms with Gasteiger partial charge in [0, 0.05) is 31.6 Å². The molecular formula is C17H32N4. The number of nitrogens with zero attached hydrogens (tertiary/aromatic N) is 3. The van der Waals surface area contributed by atoms with Gasteiger partial charge in [-0.05, 0) is 12.8 Å². The Morgan fingerprint density at radius 2 is 1.76 bits per heavy atom. The van der Waals surface area contributed by atoms with Gasteiger partial charge in [-0.2, -0.15) is 0 Å². The van der Waals surface area contributed by atoms with Crippen molar-refractivity contribution in [3.63, 3.8) is 0 Å². The van der Waals surface area contributed by atoms with Gasteiger partial charge < -0.3 is 10.2 Å². The smallest absolute Gasteiger partial charge is 0.131 e. The molecule has 1 rings (SSSR count).